The molecule has 2 N–H and O–H groups in total. The zero-order chi connectivity index (χ0) is 10.8. The largest absolute Gasteiger partial charge is 0.326 e. The molecule has 0 amide bonds. The van der Waals surface area contributed by atoms with Gasteiger partial charge in [0.15, 0.2) is 0 Å². The van der Waals surface area contributed by atoms with Crippen LogP contribution in [-0.4, -0.2) is 34.0 Å². The fourth-order valence-electron chi connectivity index (χ4n) is 2.06. The minimum Gasteiger partial charge on any atom is -0.326 e. The summed E-state index contributed by atoms with van der Waals surface area (Å²) in [5.74, 6) is 0.573. The van der Waals surface area contributed by atoms with Crippen LogP contribution in [0.2, 0.25) is 0 Å². The molecule has 1 saturated heterocycles. The van der Waals surface area contributed by atoms with Gasteiger partial charge in [0.25, 0.3) is 0 Å². The second kappa shape index (κ2) is 4.24. The summed E-state index contributed by atoms with van der Waals surface area (Å²) in [6.07, 6.45) is 5.28. The monoisotopic (exact) mass is 206 g/mol. The Bertz CT molecular complexity index is 304. The molecule has 0 saturated carbocycles. The molecule has 4 heteroatoms. The Kier molecular flexibility index (Phi) is 2.98. The van der Waals surface area contributed by atoms with Gasteiger partial charge >= 0.3 is 0 Å². The van der Waals surface area contributed by atoms with Crippen LogP contribution in [-0.2, 0) is 0 Å². The van der Waals surface area contributed by atoms with Gasteiger partial charge in [0, 0.05) is 37.7 Å². The first kappa shape index (κ1) is 10.5. The quantitative estimate of drug-likeness (QED) is 0.778. The normalized spacial score (nSPS) is 29.3. The topological polar surface area (TPSA) is 55.0 Å². The average Bonchev–Trinajstić information content (AvgIpc) is 2.59. The van der Waals surface area contributed by atoms with Crippen LogP contribution in [0.1, 0.15) is 25.6 Å². The van der Waals surface area contributed by atoms with Crippen LogP contribution in [0.4, 0.5) is 0 Å². The standard InChI is InChI=1S/C11H18N4/c1-8-6-15(7-10(8)12)9(2)11-5-13-3-4-14-11/h3-5,8-10H,6-7,12H2,1-2H3. The van der Waals surface area contributed by atoms with Gasteiger partial charge in [-0.25, -0.2) is 0 Å². The van der Waals surface area contributed by atoms with Gasteiger partial charge in [-0.05, 0) is 12.8 Å². The Hall–Kier alpha value is -1.00. The predicted octanol–water partition coefficient (Wildman–Crippen LogP) is 0.817. The molecule has 1 aromatic rings. The number of hydrogen-bond donors (Lipinski definition) is 1. The summed E-state index contributed by atoms with van der Waals surface area (Å²) in [7, 11) is 0. The summed E-state index contributed by atoms with van der Waals surface area (Å²) in [5.41, 5.74) is 7.03. The van der Waals surface area contributed by atoms with Crippen molar-refractivity contribution >= 4 is 0 Å². The van der Waals surface area contributed by atoms with Gasteiger partial charge in [-0.15, -0.1) is 0 Å². The molecular weight excluding hydrogens is 188 g/mol. The molecule has 15 heavy (non-hydrogen) atoms. The van der Waals surface area contributed by atoms with Crippen molar-refractivity contribution in [2.75, 3.05) is 13.1 Å². The van der Waals surface area contributed by atoms with Gasteiger partial charge in [-0.1, -0.05) is 6.92 Å². The van der Waals surface area contributed by atoms with E-state index in [4.69, 9.17) is 5.73 Å². The molecular formula is C11H18N4. The second-order valence-electron chi connectivity index (χ2n) is 4.40. The van der Waals surface area contributed by atoms with Crippen molar-refractivity contribution in [2.45, 2.75) is 25.9 Å². The van der Waals surface area contributed by atoms with Gasteiger partial charge < -0.3 is 5.73 Å². The number of likely N-dealkylation sites (tertiary alicyclic amines) is 1. The van der Waals surface area contributed by atoms with Crippen molar-refractivity contribution in [2.24, 2.45) is 11.7 Å². The van der Waals surface area contributed by atoms with Crippen molar-refractivity contribution in [1.29, 1.82) is 0 Å². The van der Waals surface area contributed by atoms with E-state index in [-0.39, 0.29) is 0 Å². The summed E-state index contributed by atoms with van der Waals surface area (Å²) >= 11 is 0. The fourth-order valence-corrected chi connectivity index (χ4v) is 2.06. The Morgan fingerprint density at radius 2 is 2.27 bits per heavy atom. The second-order valence-corrected chi connectivity index (χ2v) is 4.40. The molecule has 3 unspecified atom stereocenters. The molecule has 4 nitrogen and oxygen atoms in total. The predicted molar refractivity (Wildman–Crippen MR) is 59.2 cm³/mol. The smallest absolute Gasteiger partial charge is 0.0755 e. The first-order valence-electron chi connectivity index (χ1n) is 5.44. The van der Waals surface area contributed by atoms with Crippen molar-refractivity contribution in [3.63, 3.8) is 0 Å². The summed E-state index contributed by atoms with van der Waals surface area (Å²) in [6, 6.07) is 0.610. The molecule has 1 aromatic heterocycles. The minimum absolute atomic E-state index is 0.295. The van der Waals surface area contributed by atoms with Crippen LogP contribution in [0.5, 0.6) is 0 Å². The summed E-state index contributed by atoms with van der Waals surface area (Å²) in [5, 5.41) is 0. The van der Waals surface area contributed by atoms with Crippen molar-refractivity contribution in [3.8, 4) is 0 Å². The third-order valence-electron chi connectivity index (χ3n) is 3.26. The molecule has 1 aliphatic rings. The van der Waals surface area contributed by atoms with Crippen LogP contribution in [0, 0.1) is 5.92 Å². The van der Waals surface area contributed by atoms with Gasteiger partial charge in [0.1, 0.15) is 0 Å². The Balaban J connectivity index is 2.07. The van der Waals surface area contributed by atoms with E-state index in [0.29, 0.717) is 18.0 Å². The van der Waals surface area contributed by atoms with Crippen LogP contribution in [0.25, 0.3) is 0 Å². The van der Waals surface area contributed by atoms with Gasteiger partial charge in [0.05, 0.1) is 11.7 Å². The molecule has 1 aliphatic heterocycles. The molecule has 3 atom stereocenters. The molecule has 0 aliphatic carbocycles. The first-order valence-corrected chi connectivity index (χ1v) is 5.44. The Morgan fingerprint density at radius 1 is 1.47 bits per heavy atom. The maximum Gasteiger partial charge on any atom is 0.0755 e. The lowest BCUT2D eigenvalue weighted by Crippen LogP contribution is -2.30. The van der Waals surface area contributed by atoms with E-state index in [1.165, 1.54) is 0 Å². The Morgan fingerprint density at radius 3 is 2.80 bits per heavy atom. The maximum atomic E-state index is 6.01. The highest BCUT2D eigenvalue weighted by Gasteiger charge is 2.30. The van der Waals surface area contributed by atoms with E-state index in [0.717, 1.165) is 18.8 Å². The van der Waals surface area contributed by atoms with E-state index in [1.54, 1.807) is 12.4 Å². The van der Waals surface area contributed by atoms with E-state index in [1.807, 2.05) is 6.20 Å². The van der Waals surface area contributed by atoms with Gasteiger partial charge in [-0.3, -0.25) is 14.9 Å². The highest BCUT2D eigenvalue weighted by molar-refractivity contribution is 5.03. The van der Waals surface area contributed by atoms with Crippen LogP contribution in [0.15, 0.2) is 18.6 Å². The molecule has 0 bridgehead atoms. The number of nitrogens with zero attached hydrogens (tertiary/aromatic N) is 3. The number of rotatable bonds is 2. The van der Waals surface area contributed by atoms with Crippen molar-refractivity contribution in [1.82, 2.24) is 14.9 Å². The van der Waals surface area contributed by atoms with Crippen LogP contribution >= 0.6 is 0 Å². The number of nitrogens with two attached hydrogens (primary N) is 1. The number of hydrogen-bond acceptors (Lipinski definition) is 4. The van der Waals surface area contributed by atoms with Crippen molar-refractivity contribution in [3.05, 3.63) is 24.3 Å². The molecule has 2 rings (SSSR count). The fraction of sp³-hybridized carbons (Fsp3) is 0.636. The lowest BCUT2D eigenvalue weighted by molar-refractivity contribution is 0.248. The zero-order valence-electron chi connectivity index (χ0n) is 9.30. The highest BCUT2D eigenvalue weighted by atomic mass is 15.2. The third kappa shape index (κ3) is 2.16. The molecule has 2 heterocycles. The molecule has 0 aromatic carbocycles. The summed E-state index contributed by atoms with van der Waals surface area (Å²) in [6.45, 7) is 6.38. The van der Waals surface area contributed by atoms with E-state index in [9.17, 15) is 0 Å². The maximum absolute atomic E-state index is 6.01. The molecule has 0 radical (unpaired) electrons. The van der Waals surface area contributed by atoms with E-state index >= 15 is 0 Å². The first-order chi connectivity index (χ1) is 7.18. The summed E-state index contributed by atoms with van der Waals surface area (Å²) in [4.78, 5) is 10.8. The number of aromatic nitrogens is 2. The highest BCUT2D eigenvalue weighted by Crippen LogP contribution is 2.24. The SMILES string of the molecule is CC1CN(C(C)c2cnccn2)CC1N. The lowest BCUT2D eigenvalue weighted by atomic mass is 10.1. The molecule has 1 fully saturated rings. The third-order valence-corrected chi connectivity index (χ3v) is 3.26. The lowest BCUT2D eigenvalue weighted by Gasteiger charge is -2.23. The molecule has 82 valence electrons. The van der Waals surface area contributed by atoms with Crippen LogP contribution < -0.4 is 5.73 Å². The minimum atomic E-state index is 0.295. The van der Waals surface area contributed by atoms with Gasteiger partial charge in [-0.2, -0.15) is 0 Å². The average molecular weight is 206 g/mol. The molecule has 0 spiro atoms. The van der Waals surface area contributed by atoms with E-state index in [2.05, 4.69) is 28.7 Å². The zero-order valence-corrected chi connectivity index (χ0v) is 9.30. The van der Waals surface area contributed by atoms with E-state index < -0.39 is 0 Å². The van der Waals surface area contributed by atoms with Crippen LogP contribution in [0.3, 0.4) is 0 Å². The summed E-state index contributed by atoms with van der Waals surface area (Å²) < 4.78 is 0. The Labute approximate surface area is 90.5 Å². The van der Waals surface area contributed by atoms with Gasteiger partial charge in [0.2, 0.25) is 0 Å². The van der Waals surface area contributed by atoms with Crippen molar-refractivity contribution < 1.29 is 0 Å².